The van der Waals surface area contributed by atoms with Crippen molar-refractivity contribution in [3.8, 4) is 11.3 Å². The van der Waals surface area contributed by atoms with Crippen LogP contribution in [-0.2, 0) is 11.2 Å². The molecule has 3 N–H and O–H groups in total. The lowest BCUT2D eigenvalue weighted by atomic mass is 10.1. The van der Waals surface area contributed by atoms with Gasteiger partial charge < -0.3 is 20.6 Å². The fraction of sp³-hybridized carbons (Fsp3) is 0.500. The van der Waals surface area contributed by atoms with Gasteiger partial charge in [0.15, 0.2) is 5.65 Å². The average molecular weight is 553 g/mol. The summed E-state index contributed by atoms with van der Waals surface area (Å²) >= 11 is 0. The van der Waals surface area contributed by atoms with Crippen molar-refractivity contribution >= 4 is 23.9 Å². The summed E-state index contributed by atoms with van der Waals surface area (Å²) in [7, 11) is 4.11. The van der Waals surface area contributed by atoms with E-state index in [4.69, 9.17) is 20.6 Å². The molecular formula is C30H44N6O4. The lowest BCUT2D eigenvalue weighted by molar-refractivity contribution is -0.122. The Balaban J connectivity index is 0.00000178. The topological polar surface area (TPSA) is 134 Å². The molecule has 3 rings (SSSR count). The normalized spacial score (nSPS) is 11.1. The summed E-state index contributed by atoms with van der Waals surface area (Å²) in [5, 5.41) is 6.89. The SMILES string of the molecule is CC(C)CCN(CCC(C)C)C(=O)c1cn2c(CCCN(C)C)c(-c3ccc(C(N)=O)cc3)nc2cn1.O=CO. The number of benzene rings is 1. The maximum Gasteiger partial charge on any atom is 0.290 e. The number of primary amides is 1. The van der Waals surface area contributed by atoms with Crippen molar-refractivity contribution in [2.45, 2.75) is 53.4 Å². The summed E-state index contributed by atoms with van der Waals surface area (Å²) in [4.78, 5) is 47.0. The number of imidazole rings is 1. The van der Waals surface area contributed by atoms with Gasteiger partial charge in [0.1, 0.15) is 5.69 Å². The van der Waals surface area contributed by atoms with Gasteiger partial charge in [-0.15, -0.1) is 0 Å². The van der Waals surface area contributed by atoms with Gasteiger partial charge in [0.2, 0.25) is 5.91 Å². The van der Waals surface area contributed by atoms with Gasteiger partial charge in [0.05, 0.1) is 17.6 Å². The number of hydrogen-bond donors (Lipinski definition) is 2. The summed E-state index contributed by atoms with van der Waals surface area (Å²) in [6.07, 6.45) is 7.17. The highest BCUT2D eigenvalue weighted by Gasteiger charge is 2.21. The average Bonchev–Trinajstić information content (AvgIpc) is 3.26. The summed E-state index contributed by atoms with van der Waals surface area (Å²) < 4.78 is 2.01. The molecule has 2 amide bonds. The molecule has 0 saturated carbocycles. The Labute approximate surface area is 237 Å². The molecule has 2 aromatic heterocycles. The number of amides is 2. The predicted molar refractivity (Wildman–Crippen MR) is 157 cm³/mol. The van der Waals surface area contributed by atoms with Crippen LogP contribution in [0.1, 0.15) is 73.5 Å². The molecule has 3 aromatic rings. The molecule has 1 aromatic carbocycles. The van der Waals surface area contributed by atoms with Crippen molar-refractivity contribution < 1.29 is 19.5 Å². The summed E-state index contributed by atoms with van der Waals surface area (Å²) in [5.74, 6) is 0.540. The van der Waals surface area contributed by atoms with Gasteiger partial charge in [0.25, 0.3) is 12.4 Å². The van der Waals surface area contributed by atoms with E-state index in [1.807, 2.05) is 27.6 Å². The lowest BCUT2D eigenvalue weighted by Crippen LogP contribution is -2.34. The van der Waals surface area contributed by atoms with Crippen LogP contribution in [0.3, 0.4) is 0 Å². The molecule has 0 aliphatic rings. The fourth-order valence-corrected chi connectivity index (χ4v) is 4.24. The van der Waals surface area contributed by atoms with Gasteiger partial charge in [-0.3, -0.25) is 18.8 Å². The van der Waals surface area contributed by atoms with E-state index in [0.717, 1.165) is 62.3 Å². The number of carbonyl (C=O) groups is 3. The van der Waals surface area contributed by atoms with E-state index in [1.54, 1.807) is 18.3 Å². The molecule has 0 atom stereocenters. The molecule has 40 heavy (non-hydrogen) atoms. The number of aryl methyl sites for hydroxylation is 1. The van der Waals surface area contributed by atoms with E-state index < -0.39 is 5.91 Å². The molecule has 0 unspecified atom stereocenters. The highest BCUT2D eigenvalue weighted by atomic mass is 16.3. The monoisotopic (exact) mass is 552 g/mol. The second-order valence-electron chi connectivity index (χ2n) is 11.0. The molecule has 0 aliphatic carbocycles. The molecule has 0 radical (unpaired) electrons. The van der Waals surface area contributed by atoms with Crippen molar-refractivity contribution in [2.24, 2.45) is 17.6 Å². The van der Waals surface area contributed by atoms with Gasteiger partial charge in [-0.05, 0) is 70.3 Å². The third-order valence-electron chi connectivity index (χ3n) is 6.53. The molecule has 0 aliphatic heterocycles. The van der Waals surface area contributed by atoms with Crippen molar-refractivity contribution in [1.82, 2.24) is 24.2 Å². The molecular weight excluding hydrogens is 508 g/mol. The van der Waals surface area contributed by atoms with E-state index in [2.05, 4.69) is 51.7 Å². The Morgan fingerprint density at radius 1 is 1.02 bits per heavy atom. The number of hydrogen-bond acceptors (Lipinski definition) is 6. The Hall–Kier alpha value is -3.79. The smallest absolute Gasteiger partial charge is 0.290 e. The Morgan fingerprint density at radius 3 is 2.10 bits per heavy atom. The summed E-state index contributed by atoms with van der Waals surface area (Å²) in [5.41, 5.74) is 9.77. The van der Waals surface area contributed by atoms with Gasteiger partial charge in [-0.1, -0.05) is 39.8 Å². The number of nitrogens with zero attached hydrogens (tertiary/aromatic N) is 5. The number of aromatic nitrogens is 3. The third-order valence-corrected chi connectivity index (χ3v) is 6.53. The van der Waals surface area contributed by atoms with Crippen molar-refractivity contribution in [1.29, 1.82) is 0 Å². The van der Waals surface area contributed by atoms with E-state index in [1.165, 1.54) is 0 Å². The Bertz CT molecular complexity index is 1240. The van der Waals surface area contributed by atoms with Crippen LogP contribution in [0.15, 0.2) is 36.7 Å². The second kappa shape index (κ2) is 15.7. The van der Waals surface area contributed by atoms with E-state index in [-0.39, 0.29) is 12.4 Å². The molecule has 0 fully saturated rings. The van der Waals surface area contributed by atoms with E-state index >= 15 is 0 Å². The summed E-state index contributed by atoms with van der Waals surface area (Å²) in [6, 6.07) is 7.19. The molecule has 218 valence electrons. The van der Waals surface area contributed by atoms with Crippen LogP contribution in [-0.4, -0.2) is 81.3 Å². The van der Waals surface area contributed by atoms with Crippen molar-refractivity contribution in [3.05, 3.63) is 53.6 Å². The van der Waals surface area contributed by atoms with Crippen LogP contribution in [0.2, 0.25) is 0 Å². The maximum absolute atomic E-state index is 13.6. The van der Waals surface area contributed by atoms with Crippen LogP contribution in [0, 0.1) is 11.8 Å². The molecule has 0 bridgehead atoms. The fourth-order valence-electron chi connectivity index (χ4n) is 4.24. The first kappa shape index (κ1) is 32.4. The second-order valence-corrected chi connectivity index (χ2v) is 11.0. The van der Waals surface area contributed by atoms with Crippen LogP contribution in [0.25, 0.3) is 16.9 Å². The Morgan fingerprint density at radius 2 is 1.60 bits per heavy atom. The highest BCUT2D eigenvalue weighted by Crippen LogP contribution is 2.26. The number of rotatable bonds is 13. The highest BCUT2D eigenvalue weighted by molar-refractivity contribution is 5.93. The van der Waals surface area contributed by atoms with E-state index in [0.29, 0.717) is 28.7 Å². The van der Waals surface area contributed by atoms with Gasteiger partial charge in [-0.2, -0.15) is 0 Å². The van der Waals surface area contributed by atoms with Crippen molar-refractivity contribution in [2.75, 3.05) is 33.7 Å². The van der Waals surface area contributed by atoms with Crippen LogP contribution in [0.4, 0.5) is 0 Å². The minimum absolute atomic E-state index is 0.0384. The maximum atomic E-state index is 13.6. The van der Waals surface area contributed by atoms with Gasteiger partial charge in [-0.25, -0.2) is 9.97 Å². The first-order chi connectivity index (χ1) is 19.0. The summed E-state index contributed by atoms with van der Waals surface area (Å²) in [6.45, 7) is 10.8. The predicted octanol–water partition coefficient (Wildman–Crippen LogP) is 4.22. The molecule has 2 heterocycles. The lowest BCUT2D eigenvalue weighted by Gasteiger charge is -2.24. The van der Waals surface area contributed by atoms with Crippen LogP contribution in [0.5, 0.6) is 0 Å². The molecule has 0 saturated heterocycles. The number of carbonyl (C=O) groups excluding carboxylic acids is 2. The molecule has 10 nitrogen and oxygen atoms in total. The van der Waals surface area contributed by atoms with Crippen LogP contribution < -0.4 is 5.73 Å². The minimum atomic E-state index is -0.459. The van der Waals surface area contributed by atoms with E-state index in [9.17, 15) is 9.59 Å². The zero-order chi connectivity index (χ0) is 29.8. The molecule has 10 heteroatoms. The number of nitrogens with two attached hydrogens (primary N) is 1. The Kier molecular flexibility index (Phi) is 12.7. The number of fused-ring (bicyclic) bond motifs is 1. The first-order valence-corrected chi connectivity index (χ1v) is 13.8. The van der Waals surface area contributed by atoms with Gasteiger partial charge >= 0.3 is 0 Å². The van der Waals surface area contributed by atoms with Crippen molar-refractivity contribution in [3.63, 3.8) is 0 Å². The zero-order valence-electron chi connectivity index (χ0n) is 24.6. The van der Waals surface area contributed by atoms with Gasteiger partial charge in [0, 0.05) is 30.4 Å². The third kappa shape index (κ3) is 9.44. The molecule has 0 spiro atoms. The van der Waals surface area contributed by atoms with Crippen LogP contribution >= 0.6 is 0 Å². The first-order valence-electron chi connectivity index (χ1n) is 13.8. The number of carboxylic acid groups (broad SMARTS) is 1. The zero-order valence-corrected chi connectivity index (χ0v) is 24.6. The minimum Gasteiger partial charge on any atom is -0.483 e. The largest absolute Gasteiger partial charge is 0.483 e. The quantitative estimate of drug-likeness (QED) is 0.303. The standard InChI is InChI=1S/C29H42N6O2.CH2O2/c1-20(2)13-16-34(17-14-21(3)4)29(37)24-19-35-25(8-7-15-33(5)6)27(32-26(35)18-31-24)22-9-11-23(12-10-22)28(30)36;2-1-3/h9-12,18-21H,7-8,13-17H2,1-6H3,(H2,30,36);1H,(H,2,3).